The number of pyridine rings is 1. The Morgan fingerprint density at radius 2 is 2.11 bits per heavy atom. The molecule has 19 heavy (non-hydrogen) atoms. The topological polar surface area (TPSA) is 52.0 Å². The van der Waals surface area contributed by atoms with Crippen LogP contribution in [0.4, 0.5) is 4.39 Å². The van der Waals surface area contributed by atoms with Gasteiger partial charge in [0.25, 0.3) is 0 Å². The monoisotopic (exact) mass is 276 g/mol. The molecule has 0 amide bonds. The van der Waals surface area contributed by atoms with Gasteiger partial charge in [-0.1, -0.05) is 11.6 Å². The summed E-state index contributed by atoms with van der Waals surface area (Å²) in [6, 6.07) is 7.28. The number of benzene rings is 1. The average molecular weight is 277 g/mol. The molecule has 3 aromatic rings. The van der Waals surface area contributed by atoms with Gasteiger partial charge < -0.3 is 10.2 Å². The third-order valence-electron chi connectivity index (χ3n) is 2.94. The van der Waals surface area contributed by atoms with Crippen molar-refractivity contribution in [2.75, 3.05) is 0 Å². The molecule has 1 atom stereocenters. The summed E-state index contributed by atoms with van der Waals surface area (Å²) in [5.74, 6) is 0.226. The quantitative estimate of drug-likeness (QED) is 0.777. The van der Waals surface area contributed by atoms with Crippen LogP contribution in [0.3, 0.4) is 0 Å². The van der Waals surface area contributed by atoms with E-state index in [0.717, 1.165) is 5.56 Å². The van der Waals surface area contributed by atoms with E-state index in [1.165, 1.54) is 18.3 Å². The van der Waals surface area contributed by atoms with Gasteiger partial charge in [-0.3, -0.25) is 4.98 Å². The van der Waals surface area contributed by atoms with Crippen molar-refractivity contribution in [2.24, 2.45) is 5.73 Å². The van der Waals surface area contributed by atoms with E-state index in [-0.39, 0.29) is 5.82 Å². The normalized spacial score (nSPS) is 12.8. The number of rotatable bonds is 2. The maximum atomic E-state index is 13.1. The number of hydrogen-bond acceptors (Lipinski definition) is 3. The Morgan fingerprint density at radius 1 is 1.26 bits per heavy atom. The second kappa shape index (κ2) is 4.64. The molecule has 5 heteroatoms. The smallest absolute Gasteiger partial charge is 0.134 e. The third kappa shape index (κ3) is 2.20. The summed E-state index contributed by atoms with van der Waals surface area (Å²) in [5.41, 5.74) is 7.43. The molecule has 0 aliphatic heterocycles. The first-order chi connectivity index (χ1) is 9.15. The molecular formula is C14H10ClFN2O. The van der Waals surface area contributed by atoms with Crippen molar-refractivity contribution in [3.63, 3.8) is 0 Å². The molecule has 0 spiro atoms. The van der Waals surface area contributed by atoms with Gasteiger partial charge >= 0.3 is 0 Å². The predicted molar refractivity (Wildman–Crippen MR) is 71.4 cm³/mol. The largest absolute Gasteiger partial charge is 0.459 e. The van der Waals surface area contributed by atoms with Crippen LogP contribution in [0.5, 0.6) is 0 Å². The molecule has 0 fully saturated rings. The zero-order chi connectivity index (χ0) is 13.4. The minimum Gasteiger partial charge on any atom is -0.459 e. The molecule has 0 aliphatic carbocycles. The van der Waals surface area contributed by atoms with Crippen molar-refractivity contribution >= 4 is 22.6 Å². The average Bonchev–Trinajstić information content (AvgIpc) is 2.81. The first-order valence-electron chi connectivity index (χ1n) is 5.69. The molecule has 1 aromatic carbocycles. The fourth-order valence-corrected chi connectivity index (χ4v) is 2.22. The second-order valence-corrected chi connectivity index (χ2v) is 4.61. The lowest BCUT2D eigenvalue weighted by atomic mass is 10.1. The Labute approximate surface area is 113 Å². The Morgan fingerprint density at radius 3 is 2.89 bits per heavy atom. The summed E-state index contributed by atoms with van der Waals surface area (Å²) < 4.78 is 18.8. The molecule has 3 rings (SSSR count). The molecule has 2 aromatic heterocycles. The SMILES string of the molecule is NC(c1cc2cc(F)ccc2o1)c1ccncc1Cl. The Balaban J connectivity index is 2.07. The highest BCUT2D eigenvalue weighted by Gasteiger charge is 2.17. The summed E-state index contributed by atoms with van der Waals surface area (Å²) in [7, 11) is 0. The van der Waals surface area contributed by atoms with Gasteiger partial charge in [-0.05, 0) is 35.9 Å². The highest BCUT2D eigenvalue weighted by molar-refractivity contribution is 6.31. The van der Waals surface area contributed by atoms with Crippen LogP contribution in [0, 0.1) is 5.82 Å². The van der Waals surface area contributed by atoms with Crippen molar-refractivity contribution in [3.8, 4) is 0 Å². The van der Waals surface area contributed by atoms with Crippen molar-refractivity contribution in [1.29, 1.82) is 0 Å². The fourth-order valence-electron chi connectivity index (χ4n) is 1.98. The molecule has 2 heterocycles. The van der Waals surface area contributed by atoms with E-state index in [4.69, 9.17) is 21.8 Å². The summed E-state index contributed by atoms with van der Waals surface area (Å²) in [5, 5.41) is 1.15. The second-order valence-electron chi connectivity index (χ2n) is 4.21. The fraction of sp³-hybridized carbons (Fsp3) is 0.0714. The minimum atomic E-state index is -0.508. The zero-order valence-corrected chi connectivity index (χ0v) is 10.6. The summed E-state index contributed by atoms with van der Waals surface area (Å²) >= 11 is 6.05. The highest BCUT2D eigenvalue weighted by atomic mass is 35.5. The van der Waals surface area contributed by atoms with Gasteiger partial charge in [0.15, 0.2) is 0 Å². The lowest BCUT2D eigenvalue weighted by molar-refractivity contribution is 0.524. The molecular weight excluding hydrogens is 267 g/mol. The number of fused-ring (bicyclic) bond motifs is 1. The van der Waals surface area contributed by atoms with Gasteiger partial charge in [0, 0.05) is 17.8 Å². The number of halogens is 2. The lowest BCUT2D eigenvalue weighted by Crippen LogP contribution is -2.11. The highest BCUT2D eigenvalue weighted by Crippen LogP contribution is 2.30. The first kappa shape index (κ1) is 12.1. The van der Waals surface area contributed by atoms with E-state index >= 15 is 0 Å². The van der Waals surface area contributed by atoms with Gasteiger partial charge in [0.1, 0.15) is 17.2 Å². The van der Waals surface area contributed by atoms with Crippen LogP contribution >= 0.6 is 11.6 Å². The van der Waals surface area contributed by atoms with Crippen LogP contribution in [0.15, 0.2) is 47.1 Å². The molecule has 1 unspecified atom stereocenters. The van der Waals surface area contributed by atoms with E-state index in [0.29, 0.717) is 21.8 Å². The van der Waals surface area contributed by atoms with Crippen LogP contribution in [0.2, 0.25) is 5.02 Å². The van der Waals surface area contributed by atoms with Crippen molar-refractivity contribution in [2.45, 2.75) is 6.04 Å². The Hall–Kier alpha value is -1.91. The van der Waals surface area contributed by atoms with E-state index in [1.54, 1.807) is 24.4 Å². The number of aromatic nitrogens is 1. The number of nitrogens with zero attached hydrogens (tertiary/aromatic N) is 1. The molecule has 0 aliphatic rings. The molecule has 0 bridgehead atoms. The molecule has 2 N–H and O–H groups in total. The van der Waals surface area contributed by atoms with Crippen LogP contribution in [0.25, 0.3) is 11.0 Å². The van der Waals surface area contributed by atoms with Gasteiger partial charge in [-0.25, -0.2) is 4.39 Å². The first-order valence-corrected chi connectivity index (χ1v) is 6.07. The predicted octanol–water partition coefficient (Wildman–Crippen LogP) is 3.67. The molecule has 0 radical (unpaired) electrons. The summed E-state index contributed by atoms with van der Waals surface area (Å²) in [6.45, 7) is 0. The van der Waals surface area contributed by atoms with Crippen molar-refractivity contribution < 1.29 is 8.81 Å². The van der Waals surface area contributed by atoms with Crippen LogP contribution in [-0.4, -0.2) is 4.98 Å². The van der Waals surface area contributed by atoms with Crippen molar-refractivity contribution in [3.05, 3.63) is 64.9 Å². The van der Waals surface area contributed by atoms with Crippen molar-refractivity contribution in [1.82, 2.24) is 4.98 Å². The molecule has 96 valence electrons. The summed E-state index contributed by atoms with van der Waals surface area (Å²) in [4.78, 5) is 3.91. The van der Waals surface area contributed by atoms with E-state index in [2.05, 4.69) is 4.98 Å². The Kier molecular flexibility index (Phi) is 2.97. The molecule has 3 nitrogen and oxygen atoms in total. The molecule has 0 saturated carbocycles. The van der Waals surface area contributed by atoms with E-state index in [9.17, 15) is 4.39 Å². The van der Waals surface area contributed by atoms with E-state index in [1.807, 2.05) is 0 Å². The minimum absolute atomic E-state index is 0.310. The van der Waals surface area contributed by atoms with E-state index < -0.39 is 6.04 Å². The Bertz CT molecular complexity index is 741. The molecule has 0 saturated heterocycles. The van der Waals surface area contributed by atoms with Crippen LogP contribution in [0.1, 0.15) is 17.4 Å². The number of furan rings is 1. The van der Waals surface area contributed by atoms with Gasteiger partial charge in [0.05, 0.1) is 11.1 Å². The maximum Gasteiger partial charge on any atom is 0.134 e. The third-order valence-corrected chi connectivity index (χ3v) is 3.26. The standard InChI is InChI=1S/C14H10ClFN2O/c15-11-7-18-4-3-10(11)14(17)13-6-8-5-9(16)1-2-12(8)19-13/h1-7,14H,17H2. The van der Waals surface area contributed by atoms with Crippen LogP contribution in [-0.2, 0) is 0 Å². The zero-order valence-electron chi connectivity index (χ0n) is 9.81. The maximum absolute atomic E-state index is 13.1. The lowest BCUT2D eigenvalue weighted by Gasteiger charge is -2.10. The number of nitrogens with two attached hydrogens (primary N) is 1. The van der Waals surface area contributed by atoms with Gasteiger partial charge in [-0.15, -0.1) is 0 Å². The summed E-state index contributed by atoms with van der Waals surface area (Å²) in [6.07, 6.45) is 3.14. The van der Waals surface area contributed by atoms with Gasteiger partial charge in [-0.2, -0.15) is 0 Å². The van der Waals surface area contributed by atoms with Crippen LogP contribution < -0.4 is 5.73 Å². The number of hydrogen-bond donors (Lipinski definition) is 1. The van der Waals surface area contributed by atoms with Gasteiger partial charge in [0.2, 0.25) is 0 Å².